The Morgan fingerprint density at radius 3 is 2.17 bits per heavy atom. The van der Waals surface area contributed by atoms with Crippen LogP contribution in [0, 0.1) is 5.92 Å². The molecular formula is C33H41N3O4S. The van der Waals surface area contributed by atoms with E-state index in [0.717, 1.165) is 68.3 Å². The summed E-state index contributed by atoms with van der Waals surface area (Å²) in [6.45, 7) is 1.77. The van der Waals surface area contributed by atoms with Crippen molar-refractivity contribution >= 4 is 15.9 Å². The zero-order valence-electron chi connectivity index (χ0n) is 23.5. The van der Waals surface area contributed by atoms with Crippen LogP contribution in [0.15, 0.2) is 89.8 Å². The van der Waals surface area contributed by atoms with Gasteiger partial charge in [0.25, 0.3) is 0 Å². The molecule has 1 heterocycles. The lowest BCUT2D eigenvalue weighted by atomic mass is 9.74. The van der Waals surface area contributed by atoms with Crippen LogP contribution in [0.4, 0.5) is 0 Å². The molecule has 3 unspecified atom stereocenters. The Kier molecular flexibility index (Phi) is 9.88. The highest BCUT2D eigenvalue weighted by Crippen LogP contribution is 2.38. The van der Waals surface area contributed by atoms with E-state index in [1.165, 1.54) is 0 Å². The van der Waals surface area contributed by atoms with Gasteiger partial charge in [0.05, 0.1) is 17.5 Å². The number of benzene rings is 3. The topological polar surface area (TPSA) is 98.7 Å². The maximum Gasteiger partial charge on any atom is 0.243 e. The van der Waals surface area contributed by atoms with Gasteiger partial charge in [-0.3, -0.25) is 4.79 Å². The molecule has 2 aliphatic rings. The van der Waals surface area contributed by atoms with E-state index in [4.69, 9.17) is 0 Å². The quantitative estimate of drug-likeness (QED) is 0.324. The summed E-state index contributed by atoms with van der Waals surface area (Å²) in [5.41, 5.74) is 2.94. The van der Waals surface area contributed by atoms with Crippen LogP contribution >= 0.6 is 0 Å². The molecule has 41 heavy (non-hydrogen) atoms. The van der Waals surface area contributed by atoms with Crippen molar-refractivity contribution in [1.29, 1.82) is 0 Å². The van der Waals surface area contributed by atoms with E-state index in [-0.39, 0.29) is 30.4 Å². The summed E-state index contributed by atoms with van der Waals surface area (Å²) >= 11 is 0. The Hall–Kier alpha value is -3.04. The van der Waals surface area contributed by atoms with Gasteiger partial charge in [0.15, 0.2) is 0 Å². The van der Waals surface area contributed by atoms with Gasteiger partial charge in [-0.05, 0) is 73.5 Å². The molecule has 0 bridgehead atoms. The first-order valence-electron chi connectivity index (χ1n) is 14.8. The number of aliphatic hydroxyl groups excluding tert-OH is 1. The van der Waals surface area contributed by atoms with Gasteiger partial charge in [-0.2, -0.15) is 4.31 Å². The molecule has 7 nitrogen and oxygen atoms in total. The molecule has 3 aromatic carbocycles. The van der Waals surface area contributed by atoms with Gasteiger partial charge in [-0.15, -0.1) is 0 Å². The zero-order valence-corrected chi connectivity index (χ0v) is 24.3. The molecule has 3 N–H and O–H groups in total. The van der Waals surface area contributed by atoms with E-state index < -0.39 is 16.1 Å². The maximum atomic E-state index is 13.7. The molecule has 218 valence electrons. The molecule has 0 radical (unpaired) electrons. The van der Waals surface area contributed by atoms with E-state index in [1.54, 1.807) is 28.6 Å². The summed E-state index contributed by atoms with van der Waals surface area (Å²) in [4.78, 5) is 13.8. The second-order valence-electron chi connectivity index (χ2n) is 11.2. The highest BCUT2D eigenvalue weighted by molar-refractivity contribution is 7.89. The standard InChI is InChI=1S/C33H41N3O4S/c37-24-32(27-9-3-1-4-10-27)35-33(38)31-14-8-7-13-30(31)26-17-15-25(16-18-26)23-36(28-19-21-34-22-20-28)41(39,40)29-11-5-2-6-12-29/h1-6,9-12,15-18,28,30-32,34,37H,7-8,13-14,19-24H2,(H,35,38). The zero-order chi connectivity index (χ0) is 28.7. The van der Waals surface area contributed by atoms with Crippen LogP contribution in [0.1, 0.15) is 67.2 Å². The van der Waals surface area contributed by atoms with Crippen molar-refractivity contribution < 1.29 is 18.3 Å². The summed E-state index contributed by atoms with van der Waals surface area (Å²) in [6, 6.07) is 26.0. The van der Waals surface area contributed by atoms with Crippen LogP contribution in [0.3, 0.4) is 0 Å². The summed E-state index contributed by atoms with van der Waals surface area (Å²) in [5, 5.41) is 16.4. The Balaban J connectivity index is 1.33. The Morgan fingerprint density at radius 1 is 0.878 bits per heavy atom. The highest BCUT2D eigenvalue weighted by Gasteiger charge is 2.34. The van der Waals surface area contributed by atoms with E-state index >= 15 is 0 Å². The third-order valence-electron chi connectivity index (χ3n) is 8.62. The van der Waals surface area contributed by atoms with Crippen LogP contribution < -0.4 is 10.6 Å². The van der Waals surface area contributed by atoms with Crippen molar-refractivity contribution in [2.75, 3.05) is 19.7 Å². The minimum absolute atomic E-state index is 0.0206. The molecule has 3 aromatic rings. The molecule has 0 aromatic heterocycles. The first-order chi connectivity index (χ1) is 20.0. The lowest BCUT2D eigenvalue weighted by molar-refractivity contribution is -0.127. The van der Waals surface area contributed by atoms with Crippen LogP contribution in [0.5, 0.6) is 0 Å². The summed E-state index contributed by atoms with van der Waals surface area (Å²) in [7, 11) is -3.65. The number of piperidine rings is 1. The van der Waals surface area contributed by atoms with Crippen LogP contribution in [0.2, 0.25) is 0 Å². The number of sulfonamides is 1. The number of carbonyl (C=O) groups excluding carboxylic acids is 1. The van der Waals surface area contributed by atoms with E-state index in [1.807, 2.05) is 48.5 Å². The number of hydrogen-bond acceptors (Lipinski definition) is 5. The van der Waals surface area contributed by atoms with Gasteiger partial charge in [0, 0.05) is 18.5 Å². The fourth-order valence-corrected chi connectivity index (χ4v) is 8.02. The van der Waals surface area contributed by atoms with Crippen molar-refractivity contribution in [1.82, 2.24) is 14.9 Å². The van der Waals surface area contributed by atoms with Gasteiger partial charge < -0.3 is 15.7 Å². The fourth-order valence-electron chi connectivity index (χ4n) is 6.33. The molecule has 0 spiro atoms. The number of hydrogen-bond donors (Lipinski definition) is 3. The van der Waals surface area contributed by atoms with Crippen molar-refractivity contribution in [3.63, 3.8) is 0 Å². The van der Waals surface area contributed by atoms with E-state index in [9.17, 15) is 18.3 Å². The summed E-state index contributed by atoms with van der Waals surface area (Å²) < 4.78 is 29.1. The van der Waals surface area contributed by atoms with Gasteiger partial charge in [0.1, 0.15) is 0 Å². The number of aliphatic hydroxyl groups is 1. The van der Waals surface area contributed by atoms with Crippen LogP contribution in [-0.2, 0) is 21.4 Å². The molecule has 1 amide bonds. The Bertz CT molecular complexity index is 1360. The Labute approximate surface area is 244 Å². The number of carbonyl (C=O) groups is 1. The Morgan fingerprint density at radius 2 is 1.51 bits per heavy atom. The minimum Gasteiger partial charge on any atom is -0.394 e. The minimum atomic E-state index is -3.65. The monoisotopic (exact) mass is 575 g/mol. The fraction of sp³-hybridized carbons (Fsp3) is 0.424. The molecule has 2 fully saturated rings. The van der Waals surface area contributed by atoms with Gasteiger partial charge in [-0.1, -0.05) is 85.6 Å². The maximum absolute atomic E-state index is 13.7. The predicted molar refractivity (Wildman–Crippen MR) is 161 cm³/mol. The lowest BCUT2D eigenvalue weighted by Crippen LogP contribution is -2.45. The lowest BCUT2D eigenvalue weighted by Gasteiger charge is -2.34. The predicted octanol–water partition coefficient (Wildman–Crippen LogP) is 4.75. The van der Waals surface area contributed by atoms with Gasteiger partial charge in [0.2, 0.25) is 15.9 Å². The molecule has 1 saturated heterocycles. The molecule has 5 rings (SSSR count). The normalized spacial score (nSPS) is 20.9. The second kappa shape index (κ2) is 13.7. The number of amides is 1. The van der Waals surface area contributed by atoms with Crippen molar-refractivity contribution in [3.05, 3.63) is 102 Å². The van der Waals surface area contributed by atoms with Crippen molar-refractivity contribution in [2.45, 2.75) is 68.0 Å². The summed E-state index contributed by atoms with van der Waals surface area (Å²) in [5.74, 6) is -0.105. The molecule has 3 atom stereocenters. The third kappa shape index (κ3) is 7.07. The molecule has 1 aliphatic heterocycles. The molecule has 1 aliphatic carbocycles. The van der Waals surface area contributed by atoms with E-state index in [2.05, 4.69) is 22.8 Å². The molecular weight excluding hydrogens is 534 g/mol. The first kappa shape index (κ1) is 29.5. The van der Waals surface area contributed by atoms with Crippen LogP contribution in [-0.4, -0.2) is 49.5 Å². The second-order valence-corrected chi connectivity index (χ2v) is 13.1. The number of rotatable bonds is 10. The van der Waals surface area contributed by atoms with Crippen molar-refractivity contribution in [2.24, 2.45) is 5.92 Å². The first-order valence-corrected chi connectivity index (χ1v) is 16.2. The smallest absolute Gasteiger partial charge is 0.243 e. The summed E-state index contributed by atoms with van der Waals surface area (Å²) in [6.07, 6.45) is 5.36. The number of nitrogens with one attached hydrogen (secondary N) is 2. The third-order valence-corrected chi connectivity index (χ3v) is 10.5. The van der Waals surface area contributed by atoms with Crippen LogP contribution in [0.25, 0.3) is 0 Å². The average molecular weight is 576 g/mol. The van der Waals surface area contributed by atoms with E-state index in [0.29, 0.717) is 11.4 Å². The van der Waals surface area contributed by atoms with Gasteiger partial charge in [-0.25, -0.2) is 8.42 Å². The van der Waals surface area contributed by atoms with Gasteiger partial charge >= 0.3 is 0 Å². The SMILES string of the molecule is O=C(NC(CO)c1ccccc1)C1CCCCC1c1ccc(CN(C2CCNCC2)S(=O)(=O)c2ccccc2)cc1. The molecule has 1 saturated carbocycles. The largest absolute Gasteiger partial charge is 0.394 e. The average Bonchev–Trinajstić information content (AvgIpc) is 3.04. The molecule has 8 heteroatoms. The van der Waals surface area contributed by atoms with Crippen molar-refractivity contribution in [3.8, 4) is 0 Å². The highest BCUT2D eigenvalue weighted by atomic mass is 32.2. The number of nitrogens with zero attached hydrogens (tertiary/aromatic N) is 1.